The summed E-state index contributed by atoms with van der Waals surface area (Å²) in [5.74, 6) is 0.560. The summed E-state index contributed by atoms with van der Waals surface area (Å²) in [6.45, 7) is 6.16. The lowest BCUT2D eigenvalue weighted by Crippen LogP contribution is -1.88. The van der Waals surface area contributed by atoms with E-state index < -0.39 is 0 Å². The van der Waals surface area contributed by atoms with Gasteiger partial charge in [0, 0.05) is 5.57 Å². The van der Waals surface area contributed by atoms with Crippen LogP contribution in [0.3, 0.4) is 0 Å². The van der Waals surface area contributed by atoms with Crippen molar-refractivity contribution in [2.24, 2.45) is 5.92 Å². The molecule has 10 heavy (non-hydrogen) atoms. The fraction of sp³-hybridized carbons (Fsp3) is 0.667. The predicted octanol–water partition coefficient (Wildman–Crippen LogP) is 2.89. The van der Waals surface area contributed by atoms with Crippen molar-refractivity contribution in [1.82, 2.24) is 0 Å². The van der Waals surface area contributed by atoms with E-state index >= 15 is 0 Å². The van der Waals surface area contributed by atoms with Crippen molar-refractivity contribution in [3.05, 3.63) is 11.6 Å². The molecule has 1 unspecified atom stereocenters. The van der Waals surface area contributed by atoms with Crippen LogP contribution < -0.4 is 0 Å². The van der Waals surface area contributed by atoms with Crippen molar-refractivity contribution >= 4 is 0 Å². The van der Waals surface area contributed by atoms with E-state index in [0.717, 1.165) is 5.57 Å². The van der Waals surface area contributed by atoms with Gasteiger partial charge in [-0.2, -0.15) is 5.26 Å². The van der Waals surface area contributed by atoms with Gasteiger partial charge >= 0.3 is 0 Å². The number of hydrogen-bond donors (Lipinski definition) is 0. The summed E-state index contributed by atoms with van der Waals surface area (Å²) in [5.41, 5.74) is 0.834. The monoisotopic (exact) mass is 137 g/mol. The number of allylic oxidation sites excluding steroid dienone is 2. The molecule has 1 atom stereocenters. The largest absolute Gasteiger partial charge is 0.193 e. The predicted molar refractivity (Wildman–Crippen MR) is 43.4 cm³/mol. The third-order valence-electron chi connectivity index (χ3n) is 1.45. The highest BCUT2D eigenvalue weighted by Gasteiger charge is 1.95. The average molecular weight is 137 g/mol. The number of nitriles is 1. The Kier molecular flexibility index (Phi) is 4.66. The molecule has 0 aromatic rings. The summed E-state index contributed by atoms with van der Waals surface area (Å²) >= 11 is 0. The Bertz CT molecular complexity index is 151. The quantitative estimate of drug-likeness (QED) is 0.549. The van der Waals surface area contributed by atoms with Crippen LogP contribution in [-0.2, 0) is 0 Å². The Hall–Kier alpha value is -0.770. The lowest BCUT2D eigenvalue weighted by atomic mass is 10.0. The highest BCUT2D eigenvalue weighted by atomic mass is 14.2. The van der Waals surface area contributed by atoms with Crippen LogP contribution in [0.2, 0.25) is 0 Å². The van der Waals surface area contributed by atoms with E-state index in [2.05, 4.69) is 19.9 Å². The molecule has 0 aliphatic heterocycles. The van der Waals surface area contributed by atoms with Gasteiger partial charge in [-0.1, -0.05) is 26.3 Å². The maximum atomic E-state index is 8.43. The molecule has 1 nitrogen and oxygen atoms in total. The molecule has 56 valence electrons. The first-order valence-electron chi connectivity index (χ1n) is 3.79. The maximum absolute atomic E-state index is 8.43. The summed E-state index contributed by atoms with van der Waals surface area (Å²) in [6.07, 6.45) is 4.40. The fourth-order valence-electron chi connectivity index (χ4n) is 1.00. The van der Waals surface area contributed by atoms with Gasteiger partial charge in [0.15, 0.2) is 0 Å². The van der Waals surface area contributed by atoms with Crippen LogP contribution in [0.4, 0.5) is 0 Å². The Labute approximate surface area is 63.4 Å². The zero-order valence-electron chi connectivity index (χ0n) is 7.02. The van der Waals surface area contributed by atoms with Gasteiger partial charge < -0.3 is 0 Å². The van der Waals surface area contributed by atoms with Crippen molar-refractivity contribution in [3.8, 4) is 6.07 Å². The molecule has 0 aliphatic rings. The van der Waals surface area contributed by atoms with Crippen molar-refractivity contribution in [2.75, 3.05) is 0 Å². The summed E-state index contributed by atoms with van der Waals surface area (Å²) in [5, 5.41) is 8.43. The average Bonchev–Trinajstić information content (AvgIpc) is 1.88. The van der Waals surface area contributed by atoms with Gasteiger partial charge in [0.25, 0.3) is 0 Å². The highest BCUT2D eigenvalue weighted by molar-refractivity contribution is 5.17. The van der Waals surface area contributed by atoms with Gasteiger partial charge in [0.2, 0.25) is 0 Å². The number of rotatable bonds is 3. The van der Waals surface area contributed by atoms with Gasteiger partial charge in [-0.05, 0) is 19.3 Å². The first-order chi connectivity index (χ1) is 4.70. The minimum Gasteiger partial charge on any atom is -0.193 e. The Balaban J connectivity index is 3.77. The molecule has 0 aliphatic carbocycles. The van der Waals surface area contributed by atoms with E-state index in [0.29, 0.717) is 5.92 Å². The second kappa shape index (κ2) is 5.05. The van der Waals surface area contributed by atoms with E-state index in [9.17, 15) is 0 Å². The van der Waals surface area contributed by atoms with Crippen molar-refractivity contribution < 1.29 is 0 Å². The minimum absolute atomic E-state index is 0.560. The summed E-state index contributed by atoms with van der Waals surface area (Å²) in [4.78, 5) is 0. The zero-order chi connectivity index (χ0) is 7.98. The molecule has 0 rings (SSSR count). The van der Waals surface area contributed by atoms with Crippen LogP contribution in [0.15, 0.2) is 11.6 Å². The van der Waals surface area contributed by atoms with Crippen LogP contribution in [0.1, 0.15) is 33.6 Å². The molecule has 0 heterocycles. The Morgan fingerprint density at radius 3 is 2.70 bits per heavy atom. The maximum Gasteiger partial charge on any atom is 0.0940 e. The molecule has 0 aromatic carbocycles. The van der Waals surface area contributed by atoms with Crippen molar-refractivity contribution in [2.45, 2.75) is 33.6 Å². The normalized spacial score (nSPS) is 14.4. The smallest absolute Gasteiger partial charge is 0.0940 e. The molecule has 0 bridgehead atoms. The van der Waals surface area contributed by atoms with Crippen molar-refractivity contribution in [3.63, 3.8) is 0 Å². The summed E-state index contributed by atoms with van der Waals surface area (Å²) < 4.78 is 0. The van der Waals surface area contributed by atoms with Crippen LogP contribution in [-0.4, -0.2) is 0 Å². The SMILES string of the molecule is CCCC(C)/C=C(\C)C#N. The molecular formula is C9H15N. The summed E-state index contributed by atoms with van der Waals surface area (Å²) in [7, 11) is 0. The van der Waals surface area contributed by atoms with Gasteiger partial charge in [0.1, 0.15) is 0 Å². The van der Waals surface area contributed by atoms with E-state index in [-0.39, 0.29) is 0 Å². The minimum atomic E-state index is 0.560. The van der Waals surface area contributed by atoms with Gasteiger partial charge in [0.05, 0.1) is 6.07 Å². The fourth-order valence-corrected chi connectivity index (χ4v) is 1.00. The molecule has 0 fully saturated rings. The highest BCUT2D eigenvalue weighted by Crippen LogP contribution is 2.08. The Morgan fingerprint density at radius 1 is 1.70 bits per heavy atom. The molecular weight excluding hydrogens is 122 g/mol. The molecule has 0 aromatic heterocycles. The molecule has 0 amide bonds. The number of nitrogens with zero attached hydrogens (tertiary/aromatic N) is 1. The van der Waals surface area contributed by atoms with Crippen molar-refractivity contribution in [1.29, 1.82) is 5.26 Å². The van der Waals surface area contributed by atoms with Gasteiger partial charge in [-0.25, -0.2) is 0 Å². The van der Waals surface area contributed by atoms with E-state index in [1.165, 1.54) is 12.8 Å². The molecule has 0 saturated carbocycles. The standard InChI is InChI=1S/C9H15N/c1-4-5-8(2)6-9(3)7-10/h6,8H,4-5H2,1-3H3/b9-6+. The second-order valence-electron chi connectivity index (χ2n) is 2.73. The molecule has 0 radical (unpaired) electrons. The molecule has 1 heteroatoms. The second-order valence-corrected chi connectivity index (χ2v) is 2.73. The van der Waals surface area contributed by atoms with E-state index in [4.69, 9.17) is 5.26 Å². The van der Waals surface area contributed by atoms with Crippen LogP contribution in [0.5, 0.6) is 0 Å². The van der Waals surface area contributed by atoms with Crippen LogP contribution >= 0.6 is 0 Å². The van der Waals surface area contributed by atoms with E-state index in [1.54, 1.807) is 0 Å². The van der Waals surface area contributed by atoms with E-state index in [1.807, 2.05) is 13.0 Å². The Morgan fingerprint density at radius 2 is 2.30 bits per heavy atom. The third kappa shape index (κ3) is 4.14. The summed E-state index contributed by atoms with van der Waals surface area (Å²) in [6, 6.07) is 2.12. The zero-order valence-corrected chi connectivity index (χ0v) is 7.02. The van der Waals surface area contributed by atoms with Gasteiger partial charge in [-0.15, -0.1) is 0 Å². The van der Waals surface area contributed by atoms with Gasteiger partial charge in [-0.3, -0.25) is 0 Å². The van der Waals surface area contributed by atoms with Crippen LogP contribution in [0.25, 0.3) is 0 Å². The number of hydrogen-bond acceptors (Lipinski definition) is 1. The molecule has 0 spiro atoms. The first-order valence-corrected chi connectivity index (χ1v) is 3.79. The lowest BCUT2D eigenvalue weighted by Gasteiger charge is -2.01. The first kappa shape index (κ1) is 9.23. The molecule has 0 N–H and O–H groups in total. The topological polar surface area (TPSA) is 23.8 Å². The van der Waals surface area contributed by atoms with Crippen LogP contribution in [0, 0.1) is 17.2 Å². The third-order valence-corrected chi connectivity index (χ3v) is 1.45. The lowest BCUT2D eigenvalue weighted by molar-refractivity contribution is 0.632. The molecule has 0 saturated heterocycles.